The third kappa shape index (κ3) is 4.70. The van der Waals surface area contributed by atoms with Gasteiger partial charge in [-0.2, -0.15) is 0 Å². The molecule has 0 saturated carbocycles. The number of hydrogen-bond donors (Lipinski definition) is 1. The minimum absolute atomic E-state index is 0.105. The molecule has 26 heavy (non-hydrogen) atoms. The first-order chi connectivity index (χ1) is 12.8. The van der Waals surface area contributed by atoms with Crippen LogP contribution in [-0.2, 0) is 6.54 Å². The molecule has 0 aliphatic heterocycles. The molecule has 1 amide bonds. The number of thiophene rings is 1. The first kappa shape index (κ1) is 18.1. The second kappa shape index (κ2) is 9.15. The Kier molecular flexibility index (Phi) is 6.39. The van der Waals surface area contributed by atoms with Crippen LogP contribution in [0.5, 0.6) is 5.75 Å². The summed E-state index contributed by atoms with van der Waals surface area (Å²) in [4.78, 5) is 18.0. The largest absolute Gasteiger partial charge is 0.494 e. The Bertz CT molecular complexity index is 829. The van der Waals surface area contributed by atoms with E-state index in [0.717, 1.165) is 34.7 Å². The maximum atomic E-state index is 12.4. The lowest BCUT2D eigenvalue weighted by Crippen LogP contribution is -2.23. The monoisotopic (exact) mass is 366 g/mol. The number of amides is 1. The Balaban J connectivity index is 1.61. The zero-order valence-corrected chi connectivity index (χ0v) is 15.6. The molecular weight excluding hydrogens is 344 g/mol. The van der Waals surface area contributed by atoms with Crippen LogP contribution in [0.1, 0.15) is 35.7 Å². The maximum absolute atomic E-state index is 12.4. The van der Waals surface area contributed by atoms with Crippen molar-refractivity contribution in [2.45, 2.75) is 26.3 Å². The van der Waals surface area contributed by atoms with E-state index in [-0.39, 0.29) is 5.91 Å². The summed E-state index contributed by atoms with van der Waals surface area (Å²) >= 11 is 1.64. The fourth-order valence-corrected chi connectivity index (χ4v) is 3.29. The minimum atomic E-state index is -0.105. The zero-order valence-electron chi connectivity index (χ0n) is 14.8. The van der Waals surface area contributed by atoms with Crippen molar-refractivity contribution in [3.05, 3.63) is 71.2 Å². The van der Waals surface area contributed by atoms with Gasteiger partial charge in [0.15, 0.2) is 0 Å². The van der Waals surface area contributed by atoms with Crippen molar-refractivity contribution in [1.29, 1.82) is 0 Å². The molecule has 0 unspecified atom stereocenters. The van der Waals surface area contributed by atoms with E-state index in [2.05, 4.69) is 17.2 Å². The zero-order chi connectivity index (χ0) is 18.2. The minimum Gasteiger partial charge on any atom is -0.494 e. The quantitative estimate of drug-likeness (QED) is 0.576. The molecule has 5 heteroatoms. The van der Waals surface area contributed by atoms with Gasteiger partial charge in [0, 0.05) is 18.3 Å². The summed E-state index contributed by atoms with van der Waals surface area (Å²) in [6.45, 7) is 3.27. The average Bonchev–Trinajstić information content (AvgIpc) is 3.22. The first-order valence-electron chi connectivity index (χ1n) is 8.76. The number of pyridine rings is 1. The molecule has 3 aromatic rings. The smallest absolute Gasteiger partial charge is 0.251 e. The van der Waals surface area contributed by atoms with Gasteiger partial charge in [0.25, 0.3) is 5.91 Å². The van der Waals surface area contributed by atoms with Gasteiger partial charge in [-0.1, -0.05) is 25.5 Å². The molecule has 4 nitrogen and oxygen atoms in total. The molecule has 0 bridgehead atoms. The summed E-state index contributed by atoms with van der Waals surface area (Å²) in [6.07, 6.45) is 3.90. The van der Waals surface area contributed by atoms with Gasteiger partial charge in [-0.25, -0.2) is 0 Å². The fourth-order valence-electron chi connectivity index (χ4n) is 2.53. The molecule has 0 spiro atoms. The lowest BCUT2D eigenvalue weighted by molar-refractivity contribution is 0.0951. The Morgan fingerprint density at radius 3 is 2.73 bits per heavy atom. The van der Waals surface area contributed by atoms with Crippen molar-refractivity contribution >= 4 is 17.2 Å². The topological polar surface area (TPSA) is 51.2 Å². The van der Waals surface area contributed by atoms with E-state index < -0.39 is 0 Å². The number of rotatable bonds is 8. The van der Waals surface area contributed by atoms with Gasteiger partial charge in [0.05, 0.1) is 17.2 Å². The van der Waals surface area contributed by atoms with Gasteiger partial charge in [-0.15, -0.1) is 11.3 Å². The molecule has 0 fully saturated rings. The van der Waals surface area contributed by atoms with Crippen LogP contribution >= 0.6 is 11.3 Å². The van der Waals surface area contributed by atoms with Crippen molar-refractivity contribution in [3.63, 3.8) is 0 Å². The summed E-state index contributed by atoms with van der Waals surface area (Å²) in [7, 11) is 0. The molecule has 0 aliphatic carbocycles. The maximum Gasteiger partial charge on any atom is 0.251 e. The Hall–Kier alpha value is -2.66. The third-order valence-electron chi connectivity index (χ3n) is 3.97. The van der Waals surface area contributed by atoms with Crippen molar-refractivity contribution in [2.24, 2.45) is 0 Å². The number of carbonyl (C=O) groups excluding carboxylic acids is 1. The predicted octanol–water partition coefficient (Wildman–Crippen LogP) is 4.92. The Morgan fingerprint density at radius 1 is 1.15 bits per heavy atom. The number of carbonyl (C=O) groups is 1. The molecular formula is C21H22N2O2S. The van der Waals surface area contributed by atoms with Gasteiger partial charge >= 0.3 is 0 Å². The van der Waals surface area contributed by atoms with E-state index >= 15 is 0 Å². The average molecular weight is 366 g/mol. The van der Waals surface area contributed by atoms with Crippen LogP contribution in [0.2, 0.25) is 0 Å². The highest BCUT2D eigenvalue weighted by molar-refractivity contribution is 7.13. The Morgan fingerprint density at radius 2 is 2.00 bits per heavy atom. The number of aromatic nitrogens is 1. The molecule has 1 N–H and O–H groups in total. The SMILES string of the molecule is CCCCOc1ccc(C(=O)NCc2cccnc2-c2cccs2)cc1. The fraction of sp³-hybridized carbons (Fsp3) is 0.238. The van der Waals surface area contributed by atoms with Gasteiger partial charge < -0.3 is 10.1 Å². The van der Waals surface area contributed by atoms with Crippen LogP contribution in [0, 0.1) is 0 Å². The van der Waals surface area contributed by atoms with Gasteiger partial charge in [0.1, 0.15) is 5.75 Å². The van der Waals surface area contributed by atoms with Gasteiger partial charge in [0.2, 0.25) is 0 Å². The van der Waals surface area contributed by atoms with Crippen molar-refractivity contribution in [1.82, 2.24) is 10.3 Å². The molecule has 2 heterocycles. The first-order valence-corrected chi connectivity index (χ1v) is 9.64. The molecule has 0 atom stereocenters. The summed E-state index contributed by atoms with van der Waals surface area (Å²) in [5.41, 5.74) is 2.54. The molecule has 2 aromatic heterocycles. The Labute approximate surface area is 157 Å². The number of hydrogen-bond acceptors (Lipinski definition) is 4. The predicted molar refractivity (Wildman–Crippen MR) is 106 cm³/mol. The summed E-state index contributed by atoms with van der Waals surface area (Å²) in [6, 6.07) is 15.2. The van der Waals surface area contributed by atoms with Crippen LogP contribution in [0.25, 0.3) is 10.6 Å². The molecule has 0 saturated heterocycles. The standard InChI is InChI=1S/C21H22N2O2S/c1-2-3-13-25-18-10-8-16(9-11-18)21(24)23-15-17-6-4-12-22-20(17)19-7-5-14-26-19/h4-12,14H,2-3,13,15H2,1H3,(H,23,24). The highest BCUT2D eigenvalue weighted by atomic mass is 32.1. The number of unbranched alkanes of at least 4 members (excludes halogenated alkanes) is 1. The van der Waals surface area contributed by atoms with E-state index in [1.165, 1.54) is 0 Å². The second-order valence-electron chi connectivity index (χ2n) is 5.90. The summed E-state index contributed by atoms with van der Waals surface area (Å²) < 4.78 is 5.63. The van der Waals surface area contributed by atoms with Crippen LogP contribution < -0.4 is 10.1 Å². The van der Waals surface area contributed by atoms with Crippen molar-refractivity contribution < 1.29 is 9.53 Å². The van der Waals surface area contributed by atoms with Gasteiger partial charge in [-0.05, 0) is 53.8 Å². The molecule has 0 aliphatic rings. The summed E-state index contributed by atoms with van der Waals surface area (Å²) in [5.74, 6) is 0.688. The third-order valence-corrected chi connectivity index (χ3v) is 4.84. The summed E-state index contributed by atoms with van der Waals surface area (Å²) in [5, 5.41) is 5.00. The van der Waals surface area contributed by atoms with Crippen LogP contribution in [0.4, 0.5) is 0 Å². The lowest BCUT2D eigenvalue weighted by atomic mass is 10.1. The van der Waals surface area contributed by atoms with E-state index in [0.29, 0.717) is 18.7 Å². The number of nitrogens with zero attached hydrogens (tertiary/aromatic N) is 1. The van der Waals surface area contributed by atoms with Gasteiger partial charge in [-0.3, -0.25) is 9.78 Å². The molecule has 134 valence electrons. The highest BCUT2D eigenvalue weighted by Gasteiger charge is 2.10. The van der Waals surface area contributed by atoms with E-state index in [9.17, 15) is 4.79 Å². The number of benzene rings is 1. The molecule has 3 rings (SSSR count). The van der Waals surface area contributed by atoms with Crippen molar-refractivity contribution in [2.75, 3.05) is 6.61 Å². The van der Waals surface area contributed by atoms with Crippen LogP contribution in [0.15, 0.2) is 60.1 Å². The number of nitrogens with one attached hydrogen (secondary N) is 1. The highest BCUT2D eigenvalue weighted by Crippen LogP contribution is 2.25. The van der Waals surface area contributed by atoms with E-state index in [1.54, 1.807) is 29.7 Å². The normalized spacial score (nSPS) is 10.5. The van der Waals surface area contributed by atoms with E-state index in [4.69, 9.17) is 4.74 Å². The number of ether oxygens (including phenoxy) is 1. The van der Waals surface area contributed by atoms with E-state index in [1.807, 2.05) is 41.8 Å². The second-order valence-corrected chi connectivity index (χ2v) is 6.85. The van der Waals surface area contributed by atoms with Crippen molar-refractivity contribution in [3.8, 4) is 16.3 Å². The van der Waals surface area contributed by atoms with Crippen LogP contribution in [0.3, 0.4) is 0 Å². The molecule has 0 radical (unpaired) electrons. The lowest BCUT2D eigenvalue weighted by Gasteiger charge is -2.10. The van der Waals surface area contributed by atoms with Crippen LogP contribution in [-0.4, -0.2) is 17.5 Å². The molecule has 1 aromatic carbocycles.